The highest BCUT2D eigenvalue weighted by Gasteiger charge is 2.30. The number of amides is 1. The maximum absolute atomic E-state index is 12.0. The topological polar surface area (TPSA) is 114 Å². The molecule has 0 aliphatic carbocycles. The van der Waals surface area contributed by atoms with Crippen LogP contribution in [-0.2, 0) is 30.9 Å². The van der Waals surface area contributed by atoms with Gasteiger partial charge in [0.25, 0.3) is 15.9 Å². The summed E-state index contributed by atoms with van der Waals surface area (Å²) in [5, 5.41) is 2.67. The molecule has 0 spiro atoms. The van der Waals surface area contributed by atoms with E-state index in [2.05, 4.69) is 15.0 Å². The standard InChI is InChI=1S/C19H19N3O5S/c1-13-6-2-3-7-14(13)10-20-17(23)12-27-18(24)11-21-19-15-8-4-5-9-16(15)28(25,26)22-19/h2-9H,10-12H2,1H3,(H,20,23)(H,21,22). The van der Waals surface area contributed by atoms with Crippen LogP contribution in [0.4, 0.5) is 0 Å². The van der Waals surface area contributed by atoms with Gasteiger partial charge in [0.2, 0.25) is 0 Å². The molecule has 0 fully saturated rings. The Balaban J connectivity index is 1.49. The molecule has 0 aromatic heterocycles. The number of hydrogen-bond donors (Lipinski definition) is 2. The van der Waals surface area contributed by atoms with Gasteiger partial charge in [-0.15, -0.1) is 0 Å². The number of esters is 1. The molecule has 28 heavy (non-hydrogen) atoms. The second-order valence-electron chi connectivity index (χ2n) is 6.13. The van der Waals surface area contributed by atoms with Crippen LogP contribution >= 0.6 is 0 Å². The fourth-order valence-electron chi connectivity index (χ4n) is 2.64. The molecule has 146 valence electrons. The molecule has 0 atom stereocenters. The first-order valence-electron chi connectivity index (χ1n) is 8.50. The molecular weight excluding hydrogens is 382 g/mol. The van der Waals surface area contributed by atoms with Gasteiger partial charge >= 0.3 is 5.97 Å². The van der Waals surface area contributed by atoms with E-state index >= 15 is 0 Å². The fraction of sp³-hybridized carbons (Fsp3) is 0.211. The van der Waals surface area contributed by atoms with Crippen LogP contribution in [0.2, 0.25) is 0 Å². The normalized spacial score (nSPS) is 15.5. The molecule has 2 aromatic rings. The van der Waals surface area contributed by atoms with Crippen molar-refractivity contribution in [2.75, 3.05) is 13.2 Å². The van der Waals surface area contributed by atoms with Gasteiger partial charge in [0, 0.05) is 12.1 Å². The number of fused-ring (bicyclic) bond motifs is 1. The third-order valence-electron chi connectivity index (χ3n) is 4.13. The molecule has 0 bridgehead atoms. The number of sulfonamides is 1. The van der Waals surface area contributed by atoms with Crippen LogP contribution in [-0.4, -0.2) is 39.3 Å². The van der Waals surface area contributed by atoms with E-state index in [9.17, 15) is 18.0 Å². The predicted octanol–water partition coefficient (Wildman–Crippen LogP) is 0.893. The smallest absolute Gasteiger partial charge is 0.328 e. The highest BCUT2D eigenvalue weighted by Crippen LogP contribution is 2.21. The van der Waals surface area contributed by atoms with Gasteiger partial charge in [-0.05, 0) is 30.2 Å². The van der Waals surface area contributed by atoms with E-state index in [4.69, 9.17) is 4.74 Å². The van der Waals surface area contributed by atoms with Gasteiger partial charge in [0.05, 0.1) is 4.90 Å². The molecule has 1 aliphatic rings. The Morgan fingerprint density at radius 2 is 1.82 bits per heavy atom. The molecule has 9 heteroatoms. The molecule has 3 rings (SSSR count). The van der Waals surface area contributed by atoms with Crippen molar-refractivity contribution in [1.82, 2.24) is 10.0 Å². The summed E-state index contributed by atoms with van der Waals surface area (Å²) in [6, 6.07) is 14.0. The minimum atomic E-state index is -3.66. The van der Waals surface area contributed by atoms with Crippen LogP contribution in [0.5, 0.6) is 0 Å². The number of hydrogen-bond acceptors (Lipinski definition) is 6. The van der Waals surface area contributed by atoms with Crippen LogP contribution in [0.3, 0.4) is 0 Å². The largest absolute Gasteiger partial charge is 0.454 e. The van der Waals surface area contributed by atoms with Crippen LogP contribution in [0.25, 0.3) is 0 Å². The SMILES string of the molecule is Cc1ccccc1CNC(=O)COC(=O)CN=C1NS(=O)(=O)c2ccccc21. The minimum Gasteiger partial charge on any atom is -0.454 e. The van der Waals surface area contributed by atoms with Gasteiger partial charge in [0.1, 0.15) is 12.4 Å². The summed E-state index contributed by atoms with van der Waals surface area (Å²) in [7, 11) is -3.66. The summed E-state index contributed by atoms with van der Waals surface area (Å²) in [5.41, 5.74) is 2.42. The average Bonchev–Trinajstić information content (AvgIpc) is 2.95. The van der Waals surface area contributed by atoms with Gasteiger partial charge in [-0.1, -0.05) is 36.4 Å². The Hall–Kier alpha value is -3.20. The molecule has 2 aromatic carbocycles. The molecular formula is C19H19N3O5S. The van der Waals surface area contributed by atoms with Crippen molar-refractivity contribution in [2.24, 2.45) is 4.99 Å². The lowest BCUT2D eigenvalue weighted by molar-refractivity contribution is -0.147. The van der Waals surface area contributed by atoms with Crippen molar-refractivity contribution in [3.8, 4) is 0 Å². The monoisotopic (exact) mass is 401 g/mol. The first-order valence-corrected chi connectivity index (χ1v) is 9.98. The summed E-state index contributed by atoms with van der Waals surface area (Å²) < 4.78 is 31.1. The molecule has 2 N–H and O–H groups in total. The second-order valence-corrected chi connectivity index (χ2v) is 7.78. The van der Waals surface area contributed by atoms with Gasteiger partial charge in [0.15, 0.2) is 6.61 Å². The van der Waals surface area contributed by atoms with Crippen molar-refractivity contribution >= 4 is 27.7 Å². The van der Waals surface area contributed by atoms with Crippen molar-refractivity contribution in [2.45, 2.75) is 18.4 Å². The number of carbonyl (C=O) groups is 2. The number of amidine groups is 1. The average molecular weight is 401 g/mol. The lowest BCUT2D eigenvalue weighted by Crippen LogP contribution is -2.29. The molecule has 1 heterocycles. The van der Waals surface area contributed by atoms with Crippen LogP contribution in [0.1, 0.15) is 16.7 Å². The maximum atomic E-state index is 12.0. The van der Waals surface area contributed by atoms with Crippen LogP contribution < -0.4 is 10.0 Å². The van der Waals surface area contributed by atoms with E-state index < -0.39 is 35.1 Å². The Morgan fingerprint density at radius 1 is 1.11 bits per heavy atom. The first kappa shape index (κ1) is 19.6. The van der Waals surface area contributed by atoms with E-state index in [1.165, 1.54) is 6.07 Å². The number of nitrogens with zero attached hydrogens (tertiary/aromatic N) is 1. The van der Waals surface area contributed by atoms with Gasteiger partial charge in [-0.2, -0.15) is 0 Å². The van der Waals surface area contributed by atoms with E-state index in [0.717, 1.165) is 11.1 Å². The first-order chi connectivity index (χ1) is 13.4. The Labute approximate surface area is 162 Å². The van der Waals surface area contributed by atoms with Gasteiger partial charge in [-0.3, -0.25) is 19.3 Å². The number of aryl methyl sites for hydroxylation is 1. The summed E-state index contributed by atoms with van der Waals surface area (Å²) in [6.07, 6.45) is 0. The molecule has 0 saturated heterocycles. The zero-order chi connectivity index (χ0) is 20.1. The van der Waals surface area contributed by atoms with E-state index in [1.54, 1.807) is 18.2 Å². The highest BCUT2D eigenvalue weighted by molar-refractivity contribution is 7.90. The number of benzene rings is 2. The van der Waals surface area contributed by atoms with Crippen LogP contribution in [0, 0.1) is 6.92 Å². The Bertz CT molecular complexity index is 1050. The lowest BCUT2D eigenvalue weighted by atomic mass is 10.1. The van der Waals surface area contributed by atoms with Crippen molar-refractivity contribution < 1.29 is 22.7 Å². The molecule has 8 nitrogen and oxygen atoms in total. The molecule has 0 saturated carbocycles. The van der Waals surface area contributed by atoms with Crippen LogP contribution in [0.15, 0.2) is 58.4 Å². The van der Waals surface area contributed by atoms with E-state index in [1.807, 2.05) is 31.2 Å². The Morgan fingerprint density at radius 3 is 2.61 bits per heavy atom. The van der Waals surface area contributed by atoms with Crippen molar-refractivity contribution in [1.29, 1.82) is 0 Å². The number of nitrogens with one attached hydrogen (secondary N) is 2. The number of rotatable bonds is 6. The number of ether oxygens (including phenoxy) is 1. The predicted molar refractivity (Wildman–Crippen MR) is 102 cm³/mol. The molecule has 0 radical (unpaired) electrons. The quantitative estimate of drug-likeness (QED) is 0.698. The Kier molecular flexibility index (Phi) is 5.74. The second kappa shape index (κ2) is 8.22. The number of carbonyl (C=O) groups excluding carboxylic acids is 2. The van der Waals surface area contributed by atoms with Gasteiger partial charge < -0.3 is 10.1 Å². The van der Waals surface area contributed by atoms with Gasteiger partial charge in [-0.25, -0.2) is 8.42 Å². The molecule has 1 amide bonds. The fourth-order valence-corrected chi connectivity index (χ4v) is 3.89. The summed E-state index contributed by atoms with van der Waals surface area (Å²) in [5.74, 6) is -1.09. The summed E-state index contributed by atoms with van der Waals surface area (Å²) >= 11 is 0. The van der Waals surface area contributed by atoms with Crippen molar-refractivity contribution in [3.05, 3.63) is 65.2 Å². The minimum absolute atomic E-state index is 0.0801. The zero-order valence-corrected chi connectivity index (χ0v) is 16.0. The van der Waals surface area contributed by atoms with E-state index in [-0.39, 0.29) is 10.7 Å². The third kappa shape index (κ3) is 4.55. The zero-order valence-electron chi connectivity index (χ0n) is 15.1. The summed E-state index contributed by atoms with van der Waals surface area (Å²) in [4.78, 5) is 27.7. The summed E-state index contributed by atoms with van der Waals surface area (Å²) in [6.45, 7) is 1.44. The third-order valence-corrected chi connectivity index (χ3v) is 5.53. The molecule has 0 unspecified atom stereocenters. The number of aliphatic imine (C=N–C) groups is 1. The highest BCUT2D eigenvalue weighted by atomic mass is 32.2. The molecule has 1 aliphatic heterocycles. The van der Waals surface area contributed by atoms with Crippen molar-refractivity contribution in [3.63, 3.8) is 0 Å². The maximum Gasteiger partial charge on any atom is 0.328 e. The lowest BCUT2D eigenvalue weighted by Gasteiger charge is -2.08. The van der Waals surface area contributed by atoms with E-state index in [0.29, 0.717) is 12.1 Å².